The lowest BCUT2D eigenvalue weighted by molar-refractivity contribution is 0.477. The second-order valence-electron chi connectivity index (χ2n) is 3.65. The van der Waals surface area contributed by atoms with Crippen molar-refractivity contribution < 1.29 is 4.74 Å². The zero-order chi connectivity index (χ0) is 12.3. The number of rotatable bonds is 2. The van der Waals surface area contributed by atoms with Crippen molar-refractivity contribution in [3.63, 3.8) is 0 Å². The minimum absolute atomic E-state index is 0.539. The Labute approximate surface area is 99.3 Å². The fourth-order valence-electron chi connectivity index (χ4n) is 1.40. The summed E-state index contributed by atoms with van der Waals surface area (Å²) in [6, 6.07) is 9.04. The molecular formula is C13H11N3O. The first-order valence-corrected chi connectivity index (χ1v) is 5.08. The number of nitrogen functional groups attached to an aromatic ring is 1. The molecule has 4 heteroatoms. The van der Waals surface area contributed by atoms with Crippen LogP contribution in [0, 0.1) is 18.3 Å². The van der Waals surface area contributed by atoms with Crippen LogP contribution in [0.5, 0.6) is 11.5 Å². The Kier molecular flexibility index (Phi) is 2.93. The summed E-state index contributed by atoms with van der Waals surface area (Å²) >= 11 is 0. The van der Waals surface area contributed by atoms with Crippen molar-refractivity contribution in [1.82, 2.24) is 4.98 Å². The number of aryl methyl sites for hydroxylation is 1. The van der Waals surface area contributed by atoms with E-state index in [0.717, 1.165) is 5.56 Å². The Morgan fingerprint density at radius 1 is 1.29 bits per heavy atom. The average molecular weight is 225 g/mol. The molecule has 0 unspecified atom stereocenters. The average Bonchev–Trinajstić information content (AvgIpc) is 2.32. The van der Waals surface area contributed by atoms with Gasteiger partial charge in [0.25, 0.3) is 0 Å². The van der Waals surface area contributed by atoms with E-state index in [4.69, 9.17) is 15.7 Å². The quantitative estimate of drug-likeness (QED) is 0.852. The van der Waals surface area contributed by atoms with Crippen LogP contribution in [0.15, 0.2) is 36.7 Å². The van der Waals surface area contributed by atoms with E-state index in [9.17, 15) is 0 Å². The number of nitriles is 1. The highest BCUT2D eigenvalue weighted by molar-refractivity contribution is 5.46. The normalized spacial score (nSPS) is 9.65. The minimum Gasteiger partial charge on any atom is -0.455 e. The molecule has 0 bridgehead atoms. The molecule has 0 atom stereocenters. The molecule has 0 aliphatic carbocycles. The molecule has 4 nitrogen and oxygen atoms in total. The molecule has 0 saturated carbocycles. The number of nitrogens with zero attached hydrogens (tertiary/aromatic N) is 2. The Morgan fingerprint density at radius 2 is 2.12 bits per heavy atom. The van der Waals surface area contributed by atoms with Gasteiger partial charge in [0.2, 0.25) is 0 Å². The smallest absolute Gasteiger partial charge is 0.147 e. The number of anilines is 1. The van der Waals surface area contributed by atoms with Gasteiger partial charge in [0, 0.05) is 6.07 Å². The minimum atomic E-state index is 0.539. The number of ether oxygens (including phenoxy) is 1. The van der Waals surface area contributed by atoms with Gasteiger partial charge >= 0.3 is 0 Å². The van der Waals surface area contributed by atoms with Gasteiger partial charge < -0.3 is 10.5 Å². The molecule has 0 spiro atoms. The maximum Gasteiger partial charge on any atom is 0.147 e. The molecule has 0 aliphatic heterocycles. The molecule has 0 aliphatic rings. The van der Waals surface area contributed by atoms with Gasteiger partial charge in [-0.15, -0.1) is 0 Å². The Balaban J connectivity index is 2.33. The zero-order valence-electron chi connectivity index (χ0n) is 9.34. The number of pyridine rings is 1. The molecule has 0 radical (unpaired) electrons. The molecule has 2 aromatic rings. The molecule has 0 saturated heterocycles. The van der Waals surface area contributed by atoms with Crippen LogP contribution >= 0.6 is 0 Å². The van der Waals surface area contributed by atoms with Crippen LogP contribution < -0.4 is 10.5 Å². The van der Waals surface area contributed by atoms with Crippen molar-refractivity contribution in [2.75, 3.05) is 5.73 Å². The van der Waals surface area contributed by atoms with Gasteiger partial charge in [0.15, 0.2) is 0 Å². The number of benzene rings is 1. The second kappa shape index (κ2) is 4.54. The van der Waals surface area contributed by atoms with Crippen LogP contribution in [0.2, 0.25) is 0 Å². The Hall–Kier alpha value is -2.54. The van der Waals surface area contributed by atoms with Crippen molar-refractivity contribution in [2.45, 2.75) is 6.92 Å². The summed E-state index contributed by atoms with van der Waals surface area (Å²) in [6.45, 7) is 1.91. The van der Waals surface area contributed by atoms with E-state index in [2.05, 4.69) is 11.1 Å². The van der Waals surface area contributed by atoms with Gasteiger partial charge in [-0.2, -0.15) is 5.26 Å². The lowest BCUT2D eigenvalue weighted by Crippen LogP contribution is -1.92. The predicted molar refractivity (Wildman–Crippen MR) is 64.6 cm³/mol. The van der Waals surface area contributed by atoms with Crippen LogP contribution in [-0.2, 0) is 0 Å². The lowest BCUT2D eigenvalue weighted by Gasteiger charge is -2.08. The van der Waals surface area contributed by atoms with Crippen molar-refractivity contribution in [3.8, 4) is 17.6 Å². The topological polar surface area (TPSA) is 71.9 Å². The van der Waals surface area contributed by atoms with Gasteiger partial charge in [-0.25, -0.2) is 0 Å². The maximum atomic E-state index is 8.83. The zero-order valence-corrected chi connectivity index (χ0v) is 9.34. The van der Waals surface area contributed by atoms with Crippen LogP contribution in [0.4, 0.5) is 5.69 Å². The highest BCUT2D eigenvalue weighted by Crippen LogP contribution is 2.26. The summed E-state index contributed by atoms with van der Waals surface area (Å²) in [5.74, 6) is 1.19. The number of aromatic nitrogens is 1. The van der Waals surface area contributed by atoms with Crippen molar-refractivity contribution in [2.24, 2.45) is 0 Å². The number of nitrogens with two attached hydrogens (primary N) is 1. The molecule has 17 heavy (non-hydrogen) atoms. The molecule has 1 aromatic carbocycles. The molecule has 84 valence electrons. The van der Waals surface area contributed by atoms with Crippen LogP contribution in [0.25, 0.3) is 0 Å². The fraction of sp³-hybridized carbons (Fsp3) is 0.0769. The number of hydrogen-bond acceptors (Lipinski definition) is 4. The van der Waals surface area contributed by atoms with Gasteiger partial charge in [-0.3, -0.25) is 4.98 Å². The van der Waals surface area contributed by atoms with Crippen LogP contribution in [0.1, 0.15) is 11.1 Å². The Morgan fingerprint density at radius 3 is 2.82 bits per heavy atom. The molecule has 2 rings (SSSR count). The van der Waals surface area contributed by atoms with Gasteiger partial charge in [0.05, 0.1) is 29.7 Å². The molecule has 0 amide bonds. The van der Waals surface area contributed by atoms with Crippen LogP contribution in [0.3, 0.4) is 0 Å². The summed E-state index contributed by atoms with van der Waals surface area (Å²) in [7, 11) is 0. The van der Waals surface area contributed by atoms with Gasteiger partial charge in [-0.05, 0) is 24.6 Å². The first-order valence-electron chi connectivity index (χ1n) is 5.08. The molecule has 1 heterocycles. The molecule has 1 aromatic heterocycles. The van der Waals surface area contributed by atoms with E-state index in [1.54, 1.807) is 30.6 Å². The van der Waals surface area contributed by atoms with E-state index in [1.807, 2.05) is 13.0 Å². The Bertz CT molecular complexity index is 587. The summed E-state index contributed by atoms with van der Waals surface area (Å²) < 4.78 is 5.64. The summed E-state index contributed by atoms with van der Waals surface area (Å²) in [5, 5.41) is 8.83. The van der Waals surface area contributed by atoms with E-state index in [0.29, 0.717) is 22.7 Å². The molecule has 2 N–H and O–H groups in total. The number of hydrogen-bond donors (Lipinski definition) is 1. The summed E-state index contributed by atoms with van der Waals surface area (Å²) in [6.07, 6.45) is 3.13. The SMILES string of the molecule is Cc1ccc(C#N)cc1Oc1cncc(N)c1. The fourth-order valence-corrected chi connectivity index (χ4v) is 1.40. The largest absolute Gasteiger partial charge is 0.455 e. The molecular weight excluding hydrogens is 214 g/mol. The highest BCUT2D eigenvalue weighted by Gasteiger charge is 2.03. The lowest BCUT2D eigenvalue weighted by atomic mass is 10.1. The first kappa shape index (κ1) is 11.0. The monoisotopic (exact) mass is 225 g/mol. The first-order chi connectivity index (χ1) is 8.19. The van der Waals surface area contributed by atoms with Crippen molar-refractivity contribution in [1.29, 1.82) is 5.26 Å². The van der Waals surface area contributed by atoms with E-state index in [1.165, 1.54) is 0 Å². The molecule has 0 fully saturated rings. The predicted octanol–water partition coefficient (Wildman–Crippen LogP) is 2.64. The highest BCUT2D eigenvalue weighted by atomic mass is 16.5. The third-order valence-electron chi connectivity index (χ3n) is 2.28. The van der Waals surface area contributed by atoms with E-state index >= 15 is 0 Å². The third-order valence-corrected chi connectivity index (χ3v) is 2.28. The summed E-state index contributed by atoms with van der Waals surface area (Å²) in [5.41, 5.74) is 7.66. The summed E-state index contributed by atoms with van der Waals surface area (Å²) in [4.78, 5) is 3.94. The van der Waals surface area contributed by atoms with Crippen molar-refractivity contribution in [3.05, 3.63) is 47.8 Å². The van der Waals surface area contributed by atoms with Crippen molar-refractivity contribution >= 4 is 5.69 Å². The third kappa shape index (κ3) is 2.52. The van der Waals surface area contributed by atoms with Gasteiger partial charge in [0.1, 0.15) is 11.5 Å². The standard InChI is InChI=1S/C13H11N3O/c1-9-2-3-10(6-14)4-13(9)17-12-5-11(15)7-16-8-12/h2-5,7-8H,15H2,1H3. The van der Waals surface area contributed by atoms with Crippen LogP contribution in [-0.4, -0.2) is 4.98 Å². The maximum absolute atomic E-state index is 8.83. The second-order valence-corrected chi connectivity index (χ2v) is 3.65. The van der Waals surface area contributed by atoms with E-state index < -0.39 is 0 Å². The van der Waals surface area contributed by atoms with Gasteiger partial charge in [-0.1, -0.05) is 6.07 Å². The van der Waals surface area contributed by atoms with E-state index in [-0.39, 0.29) is 0 Å².